The number of carbonyl (C=O) groups is 2. The minimum absolute atomic E-state index is 0.00156. The summed E-state index contributed by atoms with van der Waals surface area (Å²) in [6.45, 7) is 0.515. The fourth-order valence-electron chi connectivity index (χ4n) is 3.28. The number of likely N-dealkylation sites (tertiary alicyclic amines) is 1. The quantitative estimate of drug-likeness (QED) is 0.805. The maximum absolute atomic E-state index is 13.2. The average Bonchev–Trinajstić information content (AvgIpc) is 3.20. The third-order valence-electron chi connectivity index (χ3n) is 4.59. The lowest BCUT2D eigenvalue weighted by Crippen LogP contribution is -2.34. The summed E-state index contributed by atoms with van der Waals surface area (Å²) in [5.74, 6) is -0.688. The monoisotopic (exact) mass is 360 g/mol. The van der Waals surface area contributed by atoms with Crippen molar-refractivity contribution in [1.29, 1.82) is 0 Å². The van der Waals surface area contributed by atoms with Crippen LogP contribution in [0.2, 0.25) is 0 Å². The van der Waals surface area contributed by atoms with E-state index in [4.69, 9.17) is 0 Å². The number of rotatable bonds is 6. The first-order valence-electron chi connectivity index (χ1n) is 8.37. The Labute approximate surface area is 150 Å². The number of nitrogens with zero attached hydrogens (tertiary/aromatic N) is 1. The fourth-order valence-corrected chi connectivity index (χ4v) is 4.21. The molecule has 1 aromatic heterocycles. The van der Waals surface area contributed by atoms with Crippen molar-refractivity contribution in [1.82, 2.24) is 10.2 Å². The molecule has 3 rings (SSSR count). The van der Waals surface area contributed by atoms with Crippen LogP contribution in [0.1, 0.15) is 29.3 Å². The number of thiophene rings is 1. The largest absolute Gasteiger partial charge is 0.356 e. The molecule has 0 radical (unpaired) electrons. The van der Waals surface area contributed by atoms with Crippen molar-refractivity contribution in [2.45, 2.75) is 25.3 Å². The number of hydrogen-bond acceptors (Lipinski definition) is 3. The lowest BCUT2D eigenvalue weighted by atomic mass is 9.98. The van der Waals surface area contributed by atoms with E-state index in [-0.39, 0.29) is 36.0 Å². The van der Waals surface area contributed by atoms with Crippen LogP contribution in [0.3, 0.4) is 0 Å². The van der Waals surface area contributed by atoms with Crippen molar-refractivity contribution in [3.63, 3.8) is 0 Å². The second-order valence-corrected chi connectivity index (χ2v) is 7.28. The van der Waals surface area contributed by atoms with Gasteiger partial charge in [0.2, 0.25) is 11.8 Å². The number of carbonyl (C=O) groups excluding carboxylic acids is 2. The van der Waals surface area contributed by atoms with Gasteiger partial charge in [-0.3, -0.25) is 9.59 Å². The van der Waals surface area contributed by atoms with E-state index in [1.165, 1.54) is 12.1 Å². The SMILES string of the molecule is CN1C(=O)C[C@@H](C(=O)NCCCc2cccc(F)c2)[C@H]1c1cccs1. The van der Waals surface area contributed by atoms with Crippen molar-refractivity contribution in [3.8, 4) is 0 Å². The van der Waals surface area contributed by atoms with Crippen molar-refractivity contribution in [2.75, 3.05) is 13.6 Å². The molecule has 6 heteroatoms. The predicted molar refractivity (Wildman–Crippen MR) is 95.7 cm³/mol. The average molecular weight is 360 g/mol. The van der Waals surface area contributed by atoms with Gasteiger partial charge in [0.25, 0.3) is 0 Å². The first kappa shape index (κ1) is 17.6. The summed E-state index contributed by atoms with van der Waals surface area (Å²) in [7, 11) is 1.75. The van der Waals surface area contributed by atoms with Crippen LogP contribution >= 0.6 is 11.3 Å². The van der Waals surface area contributed by atoms with Crippen molar-refractivity contribution in [3.05, 3.63) is 58.0 Å². The molecule has 2 amide bonds. The molecule has 0 spiro atoms. The van der Waals surface area contributed by atoms with Gasteiger partial charge < -0.3 is 10.2 Å². The van der Waals surface area contributed by atoms with Crippen LogP contribution in [-0.4, -0.2) is 30.3 Å². The molecule has 1 fully saturated rings. The fraction of sp³-hybridized carbons (Fsp3) is 0.368. The van der Waals surface area contributed by atoms with Crippen LogP contribution in [0.25, 0.3) is 0 Å². The van der Waals surface area contributed by atoms with Gasteiger partial charge in [0.15, 0.2) is 0 Å². The molecule has 25 heavy (non-hydrogen) atoms. The Kier molecular flexibility index (Phi) is 5.48. The van der Waals surface area contributed by atoms with Gasteiger partial charge in [0.1, 0.15) is 5.82 Å². The highest BCUT2D eigenvalue weighted by Crippen LogP contribution is 2.39. The van der Waals surface area contributed by atoms with Gasteiger partial charge in [-0.05, 0) is 42.0 Å². The lowest BCUT2D eigenvalue weighted by molar-refractivity contribution is -0.128. The molecule has 0 saturated carbocycles. The van der Waals surface area contributed by atoms with Crippen LogP contribution in [0.15, 0.2) is 41.8 Å². The lowest BCUT2D eigenvalue weighted by Gasteiger charge is -2.23. The number of aryl methyl sites for hydroxylation is 1. The van der Waals surface area contributed by atoms with E-state index in [1.807, 2.05) is 23.6 Å². The standard InChI is InChI=1S/C19H21FN2O2S/c1-22-17(23)12-15(18(22)16-8-4-10-25-16)19(24)21-9-3-6-13-5-2-7-14(20)11-13/h2,4-5,7-8,10-11,15,18H,3,6,9,12H2,1H3,(H,21,24)/t15-,18+/m1/s1. The predicted octanol–water partition coefficient (Wildman–Crippen LogP) is 3.16. The van der Waals surface area contributed by atoms with E-state index in [0.29, 0.717) is 13.0 Å². The van der Waals surface area contributed by atoms with Gasteiger partial charge >= 0.3 is 0 Å². The Morgan fingerprint density at radius 1 is 1.36 bits per heavy atom. The number of nitrogens with one attached hydrogen (secondary N) is 1. The number of halogens is 1. The number of amides is 2. The molecule has 0 bridgehead atoms. The second kappa shape index (κ2) is 7.78. The van der Waals surface area contributed by atoms with Crippen LogP contribution in [0, 0.1) is 11.7 Å². The molecule has 2 atom stereocenters. The topological polar surface area (TPSA) is 49.4 Å². The molecule has 0 aliphatic carbocycles. The third kappa shape index (κ3) is 4.07. The first-order valence-corrected chi connectivity index (χ1v) is 9.25. The summed E-state index contributed by atoms with van der Waals surface area (Å²) in [6.07, 6.45) is 1.68. The highest BCUT2D eigenvalue weighted by Gasteiger charge is 2.42. The Morgan fingerprint density at radius 2 is 2.20 bits per heavy atom. The van der Waals surface area contributed by atoms with Gasteiger partial charge in [0, 0.05) is 24.9 Å². The zero-order valence-electron chi connectivity index (χ0n) is 14.1. The van der Waals surface area contributed by atoms with Crippen LogP contribution < -0.4 is 5.32 Å². The Balaban J connectivity index is 1.54. The molecule has 1 aromatic carbocycles. The summed E-state index contributed by atoms with van der Waals surface area (Å²) >= 11 is 1.56. The molecule has 4 nitrogen and oxygen atoms in total. The summed E-state index contributed by atoms with van der Waals surface area (Å²) in [6, 6.07) is 10.2. The van der Waals surface area contributed by atoms with Crippen molar-refractivity contribution >= 4 is 23.2 Å². The molecule has 1 aliphatic heterocycles. The molecule has 1 N–H and O–H groups in total. The van der Waals surface area contributed by atoms with E-state index in [2.05, 4.69) is 5.32 Å². The first-order chi connectivity index (χ1) is 12.1. The molecule has 1 aliphatic rings. The van der Waals surface area contributed by atoms with Crippen LogP contribution in [-0.2, 0) is 16.0 Å². The number of hydrogen-bond donors (Lipinski definition) is 1. The third-order valence-corrected chi connectivity index (χ3v) is 5.53. The highest BCUT2D eigenvalue weighted by atomic mass is 32.1. The van der Waals surface area contributed by atoms with E-state index in [1.54, 1.807) is 29.4 Å². The van der Waals surface area contributed by atoms with Gasteiger partial charge in [-0.25, -0.2) is 4.39 Å². The molecule has 132 valence electrons. The van der Waals surface area contributed by atoms with Crippen molar-refractivity contribution < 1.29 is 14.0 Å². The summed E-state index contributed by atoms with van der Waals surface area (Å²) in [5.41, 5.74) is 0.918. The molecule has 1 saturated heterocycles. The maximum atomic E-state index is 13.2. The molecule has 0 unspecified atom stereocenters. The minimum Gasteiger partial charge on any atom is -0.356 e. The summed E-state index contributed by atoms with van der Waals surface area (Å²) in [4.78, 5) is 27.3. The Bertz CT molecular complexity index is 748. The molecule has 2 aromatic rings. The molecular weight excluding hydrogens is 339 g/mol. The van der Waals surface area contributed by atoms with Gasteiger partial charge in [-0.15, -0.1) is 11.3 Å². The van der Waals surface area contributed by atoms with Crippen LogP contribution in [0.4, 0.5) is 4.39 Å². The van der Waals surface area contributed by atoms with Gasteiger partial charge in [-0.2, -0.15) is 0 Å². The number of benzene rings is 1. The maximum Gasteiger partial charge on any atom is 0.226 e. The summed E-state index contributed by atoms with van der Waals surface area (Å²) in [5, 5.41) is 4.89. The van der Waals surface area contributed by atoms with E-state index in [0.717, 1.165) is 16.9 Å². The van der Waals surface area contributed by atoms with E-state index >= 15 is 0 Å². The smallest absolute Gasteiger partial charge is 0.226 e. The van der Waals surface area contributed by atoms with E-state index in [9.17, 15) is 14.0 Å². The zero-order chi connectivity index (χ0) is 17.8. The van der Waals surface area contributed by atoms with Gasteiger partial charge in [0.05, 0.1) is 12.0 Å². The van der Waals surface area contributed by atoms with E-state index < -0.39 is 0 Å². The minimum atomic E-state index is -0.356. The Morgan fingerprint density at radius 3 is 2.92 bits per heavy atom. The zero-order valence-corrected chi connectivity index (χ0v) is 14.9. The molecular formula is C19H21FN2O2S. The van der Waals surface area contributed by atoms with Crippen LogP contribution in [0.5, 0.6) is 0 Å². The second-order valence-electron chi connectivity index (χ2n) is 6.30. The normalized spacial score (nSPS) is 20.1. The highest BCUT2D eigenvalue weighted by molar-refractivity contribution is 7.10. The molecule has 2 heterocycles. The van der Waals surface area contributed by atoms with Crippen molar-refractivity contribution in [2.24, 2.45) is 5.92 Å². The summed E-state index contributed by atoms with van der Waals surface area (Å²) < 4.78 is 13.2. The van der Waals surface area contributed by atoms with Gasteiger partial charge in [-0.1, -0.05) is 18.2 Å². The Hall–Kier alpha value is -2.21.